The summed E-state index contributed by atoms with van der Waals surface area (Å²) >= 11 is 0. The van der Waals surface area contributed by atoms with Crippen LogP contribution in [-0.4, -0.2) is 83.8 Å². The quantitative estimate of drug-likeness (QED) is 0.188. The maximum atomic E-state index is 12.9. The van der Waals surface area contributed by atoms with Crippen molar-refractivity contribution in [2.24, 2.45) is 7.05 Å². The molecule has 0 aliphatic carbocycles. The maximum Gasteiger partial charge on any atom is 0.414 e. The Balaban J connectivity index is 0.000000217. The van der Waals surface area contributed by atoms with Crippen molar-refractivity contribution < 1.29 is 28.6 Å². The Morgan fingerprint density at radius 3 is 2.13 bits per heavy atom. The second-order valence-corrected chi connectivity index (χ2v) is 13.7. The first-order valence-corrected chi connectivity index (χ1v) is 18.0. The van der Waals surface area contributed by atoms with Gasteiger partial charge in [-0.3, -0.25) is 14.7 Å². The molecule has 14 nitrogen and oxygen atoms in total. The minimum absolute atomic E-state index is 0.352. The van der Waals surface area contributed by atoms with Gasteiger partial charge in [0.05, 0.1) is 50.1 Å². The Bertz CT molecular complexity index is 2010. The molecule has 2 aliphatic rings. The fraction of sp³-hybridized carbons (Fsp3) is 0.375. The highest BCUT2D eigenvalue weighted by Gasteiger charge is 2.30. The first-order chi connectivity index (χ1) is 25.8. The third-order valence-corrected chi connectivity index (χ3v) is 8.84. The van der Waals surface area contributed by atoms with Crippen molar-refractivity contribution in [2.45, 2.75) is 53.1 Å². The van der Waals surface area contributed by atoms with Gasteiger partial charge in [0.2, 0.25) is 0 Å². The zero-order chi connectivity index (χ0) is 39.0. The number of nitrogens with one attached hydrogen (secondary N) is 2. The fourth-order valence-electron chi connectivity index (χ4n) is 6.34. The number of anilines is 4. The third-order valence-electron chi connectivity index (χ3n) is 8.84. The summed E-state index contributed by atoms with van der Waals surface area (Å²) in [6.45, 7) is 11.8. The lowest BCUT2D eigenvalue weighted by atomic mass is 9.94. The van der Waals surface area contributed by atoms with E-state index in [1.54, 1.807) is 33.6 Å². The van der Waals surface area contributed by atoms with Gasteiger partial charge in [-0.15, -0.1) is 0 Å². The number of rotatable bonds is 6. The number of carbonyl (C=O) groups is 3. The number of imidazole rings is 2. The van der Waals surface area contributed by atoms with E-state index in [-0.39, 0.29) is 6.09 Å². The lowest BCUT2D eigenvalue weighted by molar-refractivity contribution is 0.0580. The predicted octanol–water partition coefficient (Wildman–Crippen LogP) is 8.06. The molecule has 0 saturated carbocycles. The van der Waals surface area contributed by atoms with E-state index in [1.165, 1.54) is 19.8 Å². The molecule has 2 aliphatic heterocycles. The molecule has 0 saturated heterocycles. The molecular formula is C40H50N8O6. The van der Waals surface area contributed by atoms with Crippen molar-refractivity contribution in [2.75, 3.05) is 60.4 Å². The summed E-state index contributed by atoms with van der Waals surface area (Å²) in [5, 5.41) is 3.40. The second kappa shape index (κ2) is 17.2. The first kappa shape index (κ1) is 39.2. The van der Waals surface area contributed by atoms with E-state index >= 15 is 0 Å². The summed E-state index contributed by atoms with van der Waals surface area (Å²) in [7, 11) is 4.68. The Kier molecular flexibility index (Phi) is 12.5. The van der Waals surface area contributed by atoms with Crippen molar-refractivity contribution in [3.63, 3.8) is 0 Å². The lowest BCUT2D eigenvalue weighted by Gasteiger charge is -2.33. The molecule has 3 amide bonds. The SMILES string of the molecule is CCN(C(=O)OC)c1ccc2c(c1)/C(=C/c1cn(C)cn1)CCN2C(=O)OC(C)(C)C.CCN(C(=O)OC)c1ccc2c(c1)/C(=C/c1cnc[nH]1)CCN2. The molecular weight excluding hydrogens is 688 g/mol. The minimum Gasteiger partial charge on any atom is -0.452 e. The van der Waals surface area contributed by atoms with Gasteiger partial charge in [-0.25, -0.2) is 24.4 Å². The number of ether oxygens (including phenoxy) is 3. The van der Waals surface area contributed by atoms with Crippen molar-refractivity contribution in [3.8, 4) is 0 Å². The highest BCUT2D eigenvalue weighted by Crippen LogP contribution is 2.39. The number of aromatic nitrogens is 4. The van der Waals surface area contributed by atoms with Crippen LogP contribution in [0.1, 0.15) is 70.0 Å². The molecule has 0 bridgehead atoms. The van der Waals surface area contributed by atoms with Crippen molar-refractivity contribution in [1.29, 1.82) is 0 Å². The van der Waals surface area contributed by atoms with Crippen molar-refractivity contribution >= 4 is 64.3 Å². The molecule has 2 aromatic heterocycles. The average Bonchev–Trinajstić information content (AvgIpc) is 3.83. The van der Waals surface area contributed by atoms with Crippen LogP contribution in [0.25, 0.3) is 23.3 Å². The van der Waals surface area contributed by atoms with E-state index in [9.17, 15) is 14.4 Å². The molecule has 0 spiro atoms. The normalized spacial score (nSPS) is 14.9. The van der Waals surface area contributed by atoms with Crippen LogP contribution in [0.15, 0.2) is 61.4 Å². The molecule has 0 radical (unpaired) electrons. The summed E-state index contributed by atoms with van der Waals surface area (Å²) in [5.74, 6) is 0. The maximum absolute atomic E-state index is 12.9. The van der Waals surface area contributed by atoms with Gasteiger partial charge in [-0.1, -0.05) is 0 Å². The average molecular weight is 739 g/mol. The Morgan fingerprint density at radius 1 is 0.907 bits per heavy atom. The number of hydrogen-bond acceptors (Lipinski definition) is 9. The van der Waals surface area contributed by atoms with Crippen LogP contribution in [0.4, 0.5) is 37.1 Å². The predicted molar refractivity (Wildman–Crippen MR) is 213 cm³/mol. The molecule has 14 heteroatoms. The number of hydrogen-bond donors (Lipinski definition) is 2. The molecule has 286 valence electrons. The topological polar surface area (TPSA) is 147 Å². The number of H-pyrrole nitrogens is 1. The van der Waals surface area contributed by atoms with Crippen molar-refractivity contribution in [1.82, 2.24) is 19.5 Å². The Morgan fingerprint density at radius 2 is 1.56 bits per heavy atom. The van der Waals surface area contributed by atoms with Crippen molar-refractivity contribution in [3.05, 3.63) is 84.0 Å². The smallest absolute Gasteiger partial charge is 0.414 e. The number of carbonyl (C=O) groups excluding carboxylic acids is 3. The summed E-state index contributed by atoms with van der Waals surface area (Å²) in [6, 6.07) is 11.6. The summed E-state index contributed by atoms with van der Waals surface area (Å²) in [5.41, 5.74) is 8.78. The van der Waals surface area contributed by atoms with Gasteiger partial charge in [0.15, 0.2) is 0 Å². The number of methoxy groups -OCH3 is 2. The number of fused-ring (bicyclic) bond motifs is 2. The molecule has 2 N–H and O–H groups in total. The van der Waals surface area contributed by atoms with Gasteiger partial charge in [0.1, 0.15) is 5.60 Å². The largest absolute Gasteiger partial charge is 0.452 e. The zero-order valence-corrected chi connectivity index (χ0v) is 32.3. The van der Waals surface area contributed by atoms with Gasteiger partial charge in [0.25, 0.3) is 0 Å². The van der Waals surface area contributed by atoms with Gasteiger partial charge in [-0.05, 0) is 107 Å². The zero-order valence-electron chi connectivity index (χ0n) is 32.3. The number of nitrogens with zero attached hydrogens (tertiary/aromatic N) is 6. The molecule has 4 aromatic rings. The lowest BCUT2D eigenvalue weighted by Crippen LogP contribution is -2.39. The standard InChI is InChI=1S/C23H30N4O4.C17H20N4O2/c1-7-26(21(28)30-6)18-8-9-20-19(13-18)16(12-17-14-25(5)15-24-17)10-11-27(20)22(29)31-23(2,3)4;1-3-21(17(22)23-2)14-4-5-16-15(9-14)12(6-7-19-16)8-13-10-18-11-20-13/h8-9,12-15H,7,10-11H2,1-6H3;4-5,8-11,19H,3,6-7H2,1-2H3,(H,18,20)/b16-12+;12-8+. The van der Waals surface area contributed by atoms with E-state index in [0.29, 0.717) is 31.7 Å². The van der Waals surface area contributed by atoms with E-state index in [1.807, 2.05) is 94.9 Å². The molecule has 0 unspecified atom stereocenters. The summed E-state index contributed by atoms with van der Waals surface area (Å²) in [6.07, 6.45) is 11.6. The number of aromatic amines is 1. The summed E-state index contributed by atoms with van der Waals surface area (Å²) in [4.78, 5) is 53.3. The van der Waals surface area contributed by atoms with E-state index in [4.69, 9.17) is 14.2 Å². The number of amides is 3. The van der Waals surface area contributed by atoms with Gasteiger partial charge in [0, 0.05) is 67.6 Å². The minimum atomic E-state index is -0.592. The third kappa shape index (κ3) is 9.29. The van der Waals surface area contributed by atoms with Crippen LogP contribution in [-0.2, 0) is 21.3 Å². The molecule has 4 heterocycles. The molecule has 2 aromatic carbocycles. The first-order valence-electron chi connectivity index (χ1n) is 18.0. The van der Waals surface area contributed by atoms with Gasteiger partial charge >= 0.3 is 18.3 Å². The Labute approximate surface area is 316 Å². The van der Waals surface area contributed by atoms with Crippen LogP contribution in [0.3, 0.4) is 0 Å². The molecule has 6 rings (SSSR count). The summed E-state index contributed by atoms with van der Waals surface area (Å²) < 4.78 is 17.3. The monoisotopic (exact) mass is 738 g/mol. The fourth-order valence-corrected chi connectivity index (χ4v) is 6.34. The highest BCUT2D eigenvalue weighted by molar-refractivity contribution is 6.00. The molecule has 0 atom stereocenters. The van der Waals surface area contributed by atoms with E-state index in [2.05, 4.69) is 26.3 Å². The van der Waals surface area contributed by atoms with Crippen LogP contribution in [0, 0.1) is 0 Å². The van der Waals surface area contributed by atoms with E-state index in [0.717, 1.165) is 58.1 Å². The van der Waals surface area contributed by atoms with Crippen LogP contribution >= 0.6 is 0 Å². The Hall–Kier alpha value is -6.05. The molecule has 54 heavy (non-hydrogen) atoms. The second-order valence-electron chi connectivity index (χ2n) is 13.7. The van der Waals surface area contributed by atoms with E-state index < -0.39 is 17.8 Å². The molecule has 0 fully saturated rings. The highest BCUT2D eigenvalue weighted by atomic mass is 16.6. The van der Waals surface area contributed by atoms with Gasteiger partial charge in [-0.2, -0.15) is 0 Å². The van der Waals surface area contributed by atoms with Crippen LogP contribution in [0.5, 0.6) is 0 Å². The van der Waals surface area contributed by atoms with Crippen LogP contribution in [0.2, 0.25) is 0 Å². The van der Waals surface area contributed by atoms with Gasteiger partial charge < -0.3 is 29.1 Å². The number of benzene rings is 2. The van der Waals surface area contributed by atoms with Crippen LogP contribution < -0.4 is 20.0 Å². The number of aryl methyl sites for hydroxylation is 1.